The first-order valence-corrected chi connectivity index (χ1v) is 4.53. The van der Waals surface area contributed by atoms with E-state index in [4.69, 9.17) is 0 Å². The Morgan fingerprint density at radius 3 is 2.67 bits per heavy atom. The minimum Gasteiger partial charge on any atom is -0.381 e. The Labute approximate surface area is 86.5 Å². The zero-order valence-electron chi connectivity index (χ0n) is 8.31. The van der Waals surface area contributed by atoms with Crippen molar-refractivity contribution in [1.29, 1.82) is 0 Å². The summed E-state index contributed by atoms with van der Waals surface area (Å²) in [5, 5.41) is 5.29. The lowest BCUT2D eigenvalue weighted by molar-refractivity contribution is -0.118. The van der Waals surface area contributed by atoms with Crippen LogP contribution >= 0.6 is 0 Å². The van der Waals surface area contributed by atoms with Crippen molar-refractivity contribution in [2.24, 2.45) is 0 Å². The van der Waals surface area contributed by atoms with E-state index in [1.54, 1.807) is 0 Å². The molecule has 15 heavy (non-hydrogen) atoms. The zero-order valence-corrected chi connectivity index (χ0v) is 8.31. The molecule has 0 bridgehead atoms. The Morgan fingerprint density at radius 1 is 1.33 bits per heavy atom. The zero-order chi connectivity index (χ0) is 11.3. The molecule has 0 aromatic heterocycles. The fourth-order valence-electron chi connectivity index (χ4n) is 1.07. The molecule has 0 fully saturated rings. The van der Waals surface area contributed by atoms with Gasteiger partial charge in [-0.1, -0.05) is 0 Å². The summed E-state index contributed by atoms with van der Waals surface area (Å²) in [6.07, 6.45) is 0. The molecule has 0 atom stereocenters. The average Bonchev–Trinajstić information content (AvgIpc) is 2.14. The summed E-state index contributed by atoms with van der Waals surface area (Å²) >= 11 is 0. The predicted octanol–water partition coefficient (Wildman–Crippen LogP) is 1.51. The third-order valence-corrected chi connectivity index (χ3v) is 1.75. The van der Waals surface area contributed by atoms with E-state index in [9.17, 15) is 13.6 Å². The van der Waals surface area contributed by atoms with Crippen LogP contribution in [-0.2, 0) is 4.79 Å². The van der Waals surface area contributed by atoms with Crippen molar-refractivity contribution >= 4 is 11.6 Å². The van der Waals surface area contributed by atoms with E-state index in [2.05, 4.69) is 10.6 Å². The third-order valence-electron chi connectivity index (χ3n) is 1.75. The van der Waals surface area contributed by atoms with Crippen LogP contribution in [0.4, 0.5) is 14.5 Å². The van der Waals surface area contributed by atoms with E-state index in [1.807, 2.05) is 0 Å². The van der Waals surface area contributed by atoms with Crippen LogP contribution < -0.4 is 10.6 Å². The molecule has 0 spiro atoms. The fourth-order valence-corrected chi connectivity index (χ4v) is 1.07. The van der Waals surface area contributed by atoms with Gasteiger partial charge in [-0.05, 0) is 12.1 Å². The molecule has 1 aromatic rings. The maximum absolute atomic E-state index is 13.0. The first-order chi connectivity index (χ1) is 7.09. The van der Waals surface area contributed by atoms with Gasteiger partial charge in [0.2, 0.25) is 5.91 Å². The Hall–Kier alpha value is -1.65. The van der Waals surface area contributed by atoms with Gasteiger partial charge in [0.15, 0.2) is 0 Å². The van der Waals surface area contributed by atoms with Crippen molar-refractivity contribution in [3.63, 3.8) is 0 Å². The summed E-state index contributed by atoms with van der Waals surface area (Å²) < 4.78 is 25.6. The molecule has 2 N–H and O–H groups in total. The standard InChI is InChI=1S/C10H12F2N2O/c1-7(15)13-4-5-14-10-3-2-8(11)6-9(10)12/h2-3,6,14H,4-5H2,1H3,(H,13,15). The van der Waals surface area contributed by atoms with Crippen LogP contribution in [0.1, 0.15) is 6.92 Å². The average molecular weight is 214 g/mol. The molecule has 0 saturated heterocycles. The maximum Gasteiger partial charge on any atom is 0.216 e. The first kappa shape index (κ1) is 11.4. The summed E-state index contributed by atoms with van der Waals surface area (Å²) in [6, 6.07) is 3.29. The lowest BCUT2D eigenvalue weighted by atomic mass is 10.3. The van der Waals surface area contributed by atoms with Gasteiger partial charge in [-0.3, -0.25) is 4.79 Å². The Kier molecular flexibility index (Phi) is 4.03. The van der Waals surface area contributed by atoms with Gasteiger partial charge in [0, 0.05) is 26.1 Å². The molecule has 0 heterocycles. The molecule has 3 nitrogen and oxygen atoms in total. The van der Waals surface area contributed by atoms with Crippen LogP contribution in [-0.4, -0.2) is 19.0 Å². The van der Waals surface area contributed by atoms with Crippen molar-refractivity contribution in [3.05, 3.63) is 29.8 Å². The number of amides is 1. The predicted molar refractivity (Wildman–Crippen MR) is 53.5 cm³/mol. The SMILES string of the molecule is CC(=O)NCCNc1ccc(F)cc1F. The van der Waals surface area contributed by atoms with Gasteiger partial charge in [0.1, 0.15) is 11.6 Å². The molecule has 0 aliphatic heterocycles. The minimum atomic E-state index is -0.641. The van der Waals surface area contributed by atoms with Crippen molar-refractivity contribution in [3.8, 4) is 0 Å². The number of halogens is 2. The lowest BCUT2D eigenvalue weighted by Crippen LogP contribution is -2.26. The second kappa shape index (κ2) is 5.29. The highest BCUT2D eigenvalue weighted by molar-refractivity contribution is 5.72. The normalized spacial score (nSPS) is 9.80. The van der Waals surface area contributed by atoms with Gasteiger partial charge in [-0.15, -0.1) is 0 Å². The van der Waals surface area contributed by atoms with Gasteiger partial charge in [-0.2, -0.15) is 0 Å². The molecule has 82 valence electrons. The maximum atomic E-state index is 13.0. The van der Waals surface area contributed by atoms with E-state index >= 15 is 0 Å². The van der Waals surface area contributed by atoms with Crippen LogP contribution in [0.15, 0.2) is 18.2 Å². The summed E-state index contributed by atoms with van der Waals surface area (Å²) in [7, 11) is 0. The van der Waals surface area contributed by atoms with Crippen LogP contribution in [0.3, 0.4) is 0 Å². The van der Waals surface area contributed by atoms with Gasteiger partial charge < -0.3 is 10.6 Å². The third kappa shape index (κ3) is 3.93. The van der Waals surface area contributed by atoms with E-state index in [0.717, 1.165) is 6.07 Å². The van der Waals surface area contributed by atoms with Crippen LogP contribution in [0.2, 0.25) is 0 Å². The Morgan fingerprint density at radius 2 is 2.07 bits per heavy atom. The second-order valence-corrected chi connectivity index (χ2v) is 3.03. The van der Waals surface area contributed by atoms with Gasteiger partial charge >= 0.3 is 0 Å². The van der Waals surface area contributed by atoms with Crippen molar-refractivity contribution in [1.82, 2.24) is 5.32 Å². The van der Waals surface area contributed by atoms with E-state index < -0.39 is 11.6 Å². The molecular weight excluding hydrogens is 202 g/mol. The number of rotatable bonds is 4. The van der Waals surface area contributed by atoms with E-state index in [-0.39, 0.29) is 11.6 Å². The highest BCUT2D eigenvalue weighted by atomic mass is 19.1. The molecule has 0 saturated carbocycles. The van der Waals surface area contributed by atoms with Gasteiger partial charge in [0.05, 0.1) is 5.69 Å². The van der Waals surface area contributed by atoms with Crippen LogP contribution in [0, 0.1) is 11.6 Å². The highest BCUT2D eigenvalue weighted by Crippen LogP contribution is 2.13. The monoisotopic (exact) mass is 214 g/mol. The molecule has 1 amide bonds. The van der Waals surface area contributed by atoms with Crippen LogP contribution in [0.5, 0.6) is 0 Å². The Balaban J connectivity index is 2.40. The smallest absolute Gasteiger partial charge is 0.216 e. The number of hydrogen-bond donors (Lipinski definition) is 2. The first-order valence-electron chi connectivity index (χ1n) is 4.53. The van der Waals surface area contributed by atoms with Crippen molar-refractivity contribution < 1.29 is 13.6 Å². The number of nitrogens with one attached hydrogen (secondary N) is 2. The summed E-state index contributed by atoms with van der Waals surface area (Å²) in [5.74, 6) is -1.39. The summed E-state index contributed by atoms with van der Waals surface area (Å²) in [4.78, 5) is 10.5. The molecule has 0 aliphatic rings. The number of benzene rings is 1. The van der Waals surface area contributed by atoms with Gasteiger partial charge in [0.25, 0.3) is 0 Å². The number of carbonyl (C=O) groups excluding carboxylic acids is 1. The molecule has 0 aliphatic carbocycles. The van der Waals surface area contributed by atoms with Crippen LogP contribution in [0.25, 0.3) is 0 Å². The molecular formula is C10H12F2N2O. The largest absolute Gasteiger partial charge is 0.381 e. The second-order valence-electron chi connectivity index (χ2n) is 3.03. The number of carbonyl (C=O) groups is 1. The summed E-state index contributed by atoms with van der Waals surface area (Å²) in [6.45, 7) is 2.19. The number of anilines is 1. The van der Waals surface area contributed by atoms with Crippen molar-refractivity contribution in [2.45, 2.75) is 6.92 Å². The van der Waals surface area contributed by atoms with Crippen molar-refractivity contribution in [2.75, 3.05) is 18.4 Å². The molecule has 1 rings (SSSR count). The quantitative estimate of drug-likeness (QED) is 0.746. The van der Waals surface area contributed by atoms with E-state index in [0.29, 0.717) is 13.1 Å². The fraction of sp³-hybridized carbons (Fsp3) is 0.300. The number of hydrogen-bond acceptors (Lipinski definition) is 2. The molecule has 5 heteroatoms. The molecule has 1 aromatic carbocycles. The minimum absolute atomic E-state index is 0.142. The molecule has 0 radical (unpaired) electrons. The highest BCUT2D eigenvalue weighted by Gasteiger charge is 2.02. The Bertz CT molecular complexity index is 355. The van der Waals surface area contributed by atoms with E-state index in [1.165, 1.54) is 19.1 Å². The molecule has 0 unspecified atom stereocenters. The summed E-state index contributed by atoms with van der Waals surface area (Å²) in [5.41, 5.74) is 0.224. The lowest BCUT2D eigenvalue weighted by Gasteiger charge is -2.07. The van der Waals surface area contributed by atoms with Gasteiger partial charge in [-0.25, -0.2) is 8.78 Å². The topological polar surface area (TPSA) is 41.1 Å².